The fourth-order valence-corrected chi connectivity index (χ4v) is 1.74. The zero-order valence-electron chi connectivity index (χ0n) is 7.42. The minimum Gasteiger partial charge on any atom is -0.252 e. The Morgan fingerprint density at radius 3 is 2.85 bits per heavy atom. The lowest BCUT2D eigenvalue weighted by Gasteiger charge is -2.02. The zero-order valence-corrected chi connectivity index (χ0v) is 9.01. The molecule has 0 saturated heterocycles. The molecule has 1 aromatic carbocycles. The van der Waals surface area contributed by atoms with Gasteiger partial charge in [-0.25, -0.2) is 0 Å². The molecule has 1 heterocycles. The highest BCUT2D eigenvalue weighted by Crippen LogP contribution is 2.17. The quantitative estimate of drug-likeness (QED) is 0.691. The lowest BCUT2D eigenvalue weighted by atomic mass is 10.1. The average molecular weight is 236 g/mol. The lowest BCUT2D eigenvalue weighted by Crippen LogP contribution is -1.87. The van der Waals surface area contributed by atoms with Gasteiger partial charge in [-0.1, -0.05) is 34.1 Å². The maximum atomic E-state index is 4.51. The monoisotopic (exact) mass is 235 g/mol. The molecular formula is C11H10BrN. The molecule has 2 heteroatoms. The summed E-state index contributed by atoms with van der Waals surface area (Å²) in [4.78, 5) is 4.51. The fraction of sp³-hybridized carbons (Fsp3) is 0.182. The van der Waals surface area contributed by atoms with Gasteiger partial charge in [0.15, 0.2) is 0 Å². The minimum atomic E-state index is 0.816. The van der Waals surface area contributed by atoms with Gasteiger partial charge in [0.25, 0.3) is 0 Å². The molecule has 0 atom stereocenters. The summed E-state index contributed by atoms with van der Waals surface area (Å²) in [5, 5.41) is 2.06. The van der Waals surface area contributed by atoms with Crippen LogP contribution in [0.4, 0.5) is 0 Å². The highest BCUT2D eigenvalue weighted by Gasteiger charge is 1.98. The highest BCUT2D eigenvalue weighted by molar-refractivity contribution is 9.08. The van der Waals surface area contributed by atoms with Gasteiger partial charge in [0, 0.05) is 10.7 Å². The Balaban J connectivity index is 2.72. The van der Waals surface area contributed by atoms with Crippen molar-refractivity contribution >= 4 is 26.8 Å². The van der Waals surface area contributed by atoms with Crippen molar-refractivity contribution in [1.29, 1.82) is 0 Å². The SMILES string of the molecule is Cc1cccc2nc(CBr)ccc12. The van der Waals surface area contributed by atoms with Crippen LogP contribution in [0.1, 0.15) is 11.3 Å². The number of aryl methyl sites for hydroxylation is 1. The van der Waals surface area contributed by atoms with E-state index in [0.29, 0.717) is 0 Å². The molecule has 66 valence electrons. The molecule has 0 N–H and O–H groups in total. The number of rotatable bonds is 1. The van der Waals surface area contributed by atoms with Crippen molar-refractivity contribution in [3.63, 3.8) is 0 Å². The Morgan fingerprint density at radius 2 is 2.08 bits per heavy atom. The van der Waals surface area contributed by atoms with Crippen LogP contribution < -0.4 is 0 Å². The average Bonchev–Trinajstić information content (AvgIpc) is 2.18. The van der Waals surface area contributed by atoms with Gasteiger partial charge in [0.2, 0.25) is 0 Å². The van der Waals surface area contributed by atoms with Gasteiger partial charge >= 0.3 is 0 Å². The third-order valence-electron chi connectivity index (χ3n) is 2.14. The number of benzene rings is 1. The molecule has 0 fully saturated rings. The van der Waals surface area contributed by atoms with Gasteiger partial charge in [-0.3, -0.25) is 4.98 Å². The summed E-state index contributed by atoms with van der Waals surface area (Å²) >= 11 is 3.40. The van der Waals surface area contributed by atoms with Crippen LogP contribution in [0.3, 0.4) is 0 Å². The van der Waals surface area contributed by atoms with E-state index in [1.54, 1.807) is 0 Å². The van der Waals surface area contributed by atoms with E-state index >= 15 is 0 Å². The van der Waals surface area contributed by atoms with E-state index < -0.39 is 0 Å². The van der Waals surface area contributed by atoms with Crippen molar-refractivity contribution in [1.82, 2.24) is 4.98 Å². The van der Waals surface area contributed by atoms with Crippen LogP contribution >= 0.6 is 15.9 Å². The molecule has 1 aromatic heterocycles. The number of hydrogen-bond donors (Lipinski definition) is 0. The topological polar surface area (TPSA) is 12.9 Å². The number of fused-ring (bicyclic) bond motifs is 1. The van der Waals surface area contributed by atoms with Crippen molar-refractivity contribution in [3.05, 3.63) is 41.6 Å². The number of hydrogen-bond acceptors (Lipinski definition) is 1. The molecule has 2 aromatic rings. The third kappa shape index (κ3) is 1.59. The van der Waals surface area contributed by atoms with E-state index in [0.717, 1.165) is 16.5 Å². The molecule has 0 amide bonds. The fourth-order valence-electron chi connectivity index (χ4n) is 1.43. The first-order chi connectivity index (χ1) is 6.31. The molecule has 0 radical (unpaired) electrons. The molecular weight excluding hydrogens is 226 g/mol. The van der Waals surface area contributed by atoms with E-state index in [2.05, 4.69) is 52.1 Å². The first kappa shape index (κ1) is 8.70. The van der Waals surface area contributed by atoms with E-state index in [4.69, 9.17) is 0 Å². The predicted molar refractivity (Wildman–Crippen MR) is 59.1 cm³/mol. The summed E-state index contributed by atoms with van der Waals surface area (Å²) in [5.74, 6) is 0. The van der Waals surface area contributed by atoms with Crippen molar-refractivity contribution in [2.75, 3.05) is 0 Å². The molecule has 0 unspecified atom stereocenters. The first-order valence-electron chi connectivity index (χ1n) is 4.22. The largest absolute Gasteiger partial charge is 0.252 e. The van der Waals surface area contributed by atoms with Crippen LogP contribution in [0.25, 0.3) is 10.9 Å². The molecule has 0 aliphatic carbocycles. The summed E-state index contributed by atoms with van der Waals surface area (Å²) in [6.45, 7) is 2.11. The summed E-state index contributed by atoms with van der Waals surface area (Å²) < 4.78 is 0. The van der Waals surface area contributed by atoms with E-state index in [-0.39, 0.29) is 0 Å². The van der Waals surface area contributed by atoms with E-state index in [9.17, 15) is 0 Å². The molecule has 2 rings (SSSR count). The molecule has 0 aliphatic heterocycles. The maximum absolute atomic E-state index is 4.51. The number of halogens is 1. The minimum absolute atomic E-state index is 0.816. The predicted octanol–water partition coefficient (Wildman–Crippen LogP) is 3.44. The summed E-state index contributed by atoms with van der Waals surface area (Å²) in [7, 11) is 0. The Kier molecular flexibility index (Phi) is 2.32. The van der Waals surface area contributed by atoms with Gasteiger partial charge in [0.1, 0.15) is 0 Å². The standard InChI is InChI=1S/C11H10BrN/c1-8-3-2-4-11-10(8)6-5-9(7-12)13-11/h2-6H,7H2,1H3. The van der Waals surface area contributed by atoms with Crippen molar-refractivity contribution in [2.45, 2.75) is 12.3 Å². The van der Waals surface area contributed by atoms with Crippen molar-refractivity contribution < 1.29 is 0 Å². The number of alkyl halides is 1. The van der Waals surface area contributed by atoms with Crippen molar-refractivity contribution in [3.8, 4) is 0 Å². The molecule has 0 bridgehead atoms. The summed E-state index contributed by atoms with van der Waals surface area (Å²) in [6, 6.07) is 10.4. The maximum Gasteiger partial charge on any atom is 0.0708 e. The molecule has 0 spiro atoms. The van der Waals surface area contributed by atoms with Gasteiger partial charge < -0.3 is 0 Å². The summed E-state index contributed by atoms with van der Waals surface area (Å²) in [6.07, 6.45) is 0. The van der Waals surface area contributed by atoms with Crippen LogP contribution in [-0.4, -0.2) is 4.98 Å². The van der Waals surface area contributed by atoms with Crippen LogP contribution in [0.15, 0.2) is 30.3 Å². The molecule has 0 aliphatic rings. The second kappa shape index (κ2) is 3.46. The third-order valence-corrected chi connectivity index (χ3v) is 2.72. The molecule has 0 saturated carbocycles. The Hall–Kier alpha value is -0.890. The molecule has 1 nitrogen and oxygen atoms in total. The smallest absolute Gasteiger partial charge is 0.0708 e. The summed E-state index contributed by atoms with van der Waals surface area (Å²) in [5.41, 5.74) is 3.45. The van der Waals surface area contributed by atoms with Crippen LogP contribution in [0.2, 0.25) is 0 Å². The number of pyridine rings is 1. The molecule has 13 heavy (non-hydrogen) atoms. The van der Waals surface area contributed by atoms with Crippen LogP contribution in [-0.2, 0) is 5.33 Å². The van der Waals surface area contributed by atoms with Gasteiger partial charge in [-0.2, -0.15) is 0 Å². The van der Waals surface area contributed by atoms with Crippen molar-refractivity contribution in [2.24, 2.45) is 0 Å². The zero-order chi connectivity index (χ0) is 9.26. The van der Waals surface area contributed by atoms with Gasteiger partial charge in [0.05, 0.1) is 11.2 Å². The second-order valence-corrected chi connectivity index (χ2v) is 3.64. The van der Waals surface area contributed by atoms with E-state index in [1.807, 2.05) is 6.07 Å². The van der Waals surface area contributed by atoms with E-state index in [1.165, 1.54) is 10.9 Å². The second-order valence-electron chi connectivity index (χ2n) is 3.08. The van der Waals surface area contributed by atoms with Gasteiger partial charge in [-0.15, -0.1) is 0 Å². The number of aromatic nitrogens is 1. The lowest BCUT2D eigenvalue weighted by molar-refractivity contribution is 1.23. The Bertz CT molecular complexity index is 437. The van der Waals surface area contributed by atoms with Crippen LogP contribution in [0, 0.1) is 6.92 Å². The first-order valence-corrected chi connectivity index (χ1v) is 5.34. The Labute approximate surface area is 85.9 Å². The number of nitrogens with zero attached hydrogens (tertiary/aromatic N) is 1. The highest BCUT2D eigenvalue weighted by atomic mass is 79.9. The normalized spacial score (nSPS) is 10.6. The Morgan fingerprint density at radius 1 is 1.23 bits per heavy atom. The van der Waals surface area contributed by atoms with Crippen LogP contribution in [0.5, 0.6) is 0 Å². The van der Waals surface area contributed by atoms with Gasteiger partial charge in [-0.05, 0) is 24.6 Å².